The van der Waals surface area contributed by atoms with Crippen molar-refractivity contribution in [2.45, 2.75) is 50.2 Å². The number of hydrogen-bond donors (Lipinski definition) is 2. The number of rotatable bonds is 6. The number of likely N-dealkylation sites (tertiary alicyclic amines) is 1. The topological polar surface area (TPSA) is 120 Å². The minimum absolute atomic E-state index is 0.0263. The molecule has 0 spiro atoms. The average molecular weight is 638 g/mol. The Morgan fingerprint density at radius 3 is 2.64 bits per heavy atom. The monoisotopic (exact) mass is 637 g/mol. The molecule has 5 aromatic rings. The molecule has 47 heavy (non-hydrogen) atoms. The summed E-state index contributed by atoms with van der Waals surface area (Å²) in [6.45, 7) is 1.41. The molecular formula is C35H33F2N7O3. The standard InChI is InChI=1S/C35H33F2N7O3/c1-42-30-25(12-21(14-28(30)47-2)33(45)44-16-20-7-10-26(44)29(20)38)40-32(42)27-13-19-6-8-23(39-31(19)43(27)15-17-3-4-17)18-5-9-24-22(11-18)35(36,37)34(46)41-24/h5-6,8-9,11-14,17,20,26,29H,3-4,7,10,15-16,38H2,1-2H3,(H,41,46). The van der Waals surface area contributed by atoms with E-state index in [0.717, 1.165) is 54.5 Å². The fraction of sp³-hybridized carbons (Fsp3) is 0.371. The van der Waals surface area contributed by atoms with E-state index < -0.39 is 11.8 Å². The summed E-state index contributed by atoms with van der Waals surface area (Å²) in [7, 11) is 3.53. The summed E-state index contributed by atoms with van der Waals surface area (Å²) in [5.41, 5.74) is 10.7. The first kappa shape index (κ1) is 28.4. The molecule has 2 amide bonds. The predicted octanol–water partition coefficient (Wildman–Crippen LogP) is 5.28. The molecule has 240 valence electrons. The van der Waals surface area contributed by atoms with E-state index in [1.807, 2.05) is 34.7 Å². The lowest BCUT2D eigenvalue weighted by Crippen LogP contribution is -2.41. The Hall–Kier alpha value is -4.84. The van der Waals surface area contributed by atoms with E-state index in [1.165, 1.54) is 12.1 Å². The largest absolute Gasteiger partial charge is 0.494 e. The maximum absolute atomic E-state index is 14.6. The fourth-order valence-corrected chi connectivity index (χ4v) is 7.88. The number of carbonyl (C=O) groups excluding carboxylic acids is 2. The number of amides is 2. The van der Waals surface area contributed by atoms with E-state index in [1.54, 1.807) is 19.2 Å². The number of benzene rings is 2. The van der Waals surface area contributed by atoms with Crippen molar-refractivity contribution in [1.29, 1.82) is 0 Å². The number of imidazole rings is 1. The lowest BCUT2D eigenvalue weighted by Gasteiger charge is -2.27. The number of aromatic nitrogens is 4. The van der Waals surface area contributed by atoms with Crippen LogP contribution in [0.15, 0.2) is 48.5 Å². The normalized spacial score (nSPS) is 22.8. The summed E-state index contributed by atoms with van der Waals surface area (Å²) >= 11 is 0. The highest BCUT2D eigenvalue weighted by atomic mass is 19.3. The summed E-state index contributed by atoms with van der Waals surface area (Å²) in [6.07, 6.45) is 4.23. The molecule has 3 unspecified atom stereocenters. The molecule has 3 atom stereocenters. The van der Waals surface area contributed by atoms with Gasteiger partial charge in [-0.3, -0.25) is 9.59 Å². The zero-order valence-electron chi connectivity index (χ0n) is 26.0. The van der Waals surface area contributed by atoms with Crippen LogP contribution in [0.3, 0.4) is 0 Å². The van der Waals surface area contributed by atoms with Crippen LogP contribution >= 0.6 is 0 Å². The Balaban J connectivity index is 1.14. The molecule has 4 aliphatic rings. The molecule has 2 aliphatic heterocycles. The molecule has 12 heteroatoms. The van der Waals surface area contributed by atoms with Gasteiger partial charge in [-0.2, -0.15) is 8.78 Å². The number of methoxy groups -OCH3 is 1. The summed E-state index contributed by atoms with van der Waals surface area (Å²) in [4.78, 5) is 37.5. The van der Waals surface area contributed by atoms with Gasteiger partial charge in [-0.25, -0.2) is 9.97 Å². The third kappa shape index (κ3) is 4.16. The minimum Gasteiger partial charge on any atom is -0.494 e. The number of pyridine rings is 1. The van der Waals surface area contributed by atoms with Gasteiger partial charge in [0.2, 0.25) is 0 Å². The predicted molar refractivity (Wildman–Crippen MR) is 172 cm³/mol. The van der Waals surface area contributed by atoms with Crippen molar-refractivity contribution in [3.63, 3.8) is 0 Å². The second-order valence-corrected chi connectivity index (χ2v) is 13.5. The van der Waals surface area contributed by atoms with Gasteiger partial charge in [0, 0.05) is 48.7 Å². The van der Waals surface area contributed by atoms with Gasteiger partial charge in [0.1, 0.15) is 16.9 Å². The van der Waals surface area contributed by atoms with E-state index >= 15 is 0 Å². The Labute approximate surface area is 268 Å². The zero-order valence-corrected chi connectivity index (χ0v) is 26.0. The van der Waals surface area contributed by atoms with Gasteiger partial charge in [-0.1, -0.05) is 6.07 Å². The van der Waals surface area contributed by atoms with E-state index in [0.29, 0.717) is 52.3 Å². The zero-order chi connectivity index (χ0) is 32.4. The number of anilines is 1. The summed E-state index contributed by atoms with van der Waals surface area (Å²) in [5, 5.41) is 3.15. The summed E-state index contributed by atoms with van der Waals surface area (Å²) in [6, 6.07) is 14.1. The van der Waals surface area contributed by atoms with Crippen LogP contribution in [0.4, 0.5) is 14.5 Å². The molecular weight excluding hydrogens is 604 g/mol. The van der Waals surface area contributed by atoms with E-state index in [2.05, 4.69) is 16.0 Å². The molecule has 2 aliphatic carbocycles. The number of ether oxygens (including phenoxy) is 1. The van der Waals surface area contributed by atoms with E-state index in [9.17, 15) is 18.4 Å². The third-order valence-electron chi connectivity index (χ3n) is 10.6. The molecule has 1 saturated heterocycles. The average Bonchev–Trinajstić information content (AvgIpc) is 3.33. The van der Waals surface area contributed by atoms with Gasteiger partial charge >= 0.3 is 5.92 Å². The van der Waals surface area contributed by atoms with Crippen molar-refractivity contribution in [2.75, 3.05) is 19.0 Å². The van der Waals surface area contributed by atoms with Crippen LogP contribution < -0.4 is 15.8 Å². The maximum atomic E-state index is 14.6. The number of piperidine rings is 1. The van der Waals surface area contributed by atoms with Crippen LogP contribution in [-0.4, -0.2) is 61.6 Å². The molecule has 9 rings (SSSR count). The molecule has 3 N–H and O–H groups in total. The number of aryl methyl sites for hydroxylation is 1. The van der Waals surface area contributed by atoms with Crippen molar-refractivity contribution >= 4 is 39.6 Å². The smallest absolute Gasteiger partial charge is 0.352 e. The molecule has 0 radical (unpaired) electrons. The van der Waals surface area contributed by atoms with E-state index in [4.69, 9.17) is 20.4 Å². The molecule has 3 aromatic heterocycles. The third-order valence-corrected chi connectivity index (χ3v) is 10.6. The number of halogens is 2. The van der Waals surface area contributed by atoms with Crippen LogP contribution in [0, 0.1) is 11.8 Å². The highest BCUT2D eigenvalue weighted by Crippen LogP contribution is 2.43. The van der Waals surface area contributed by atoms with Crippen molar-refractivity contribution in [2.24, 2.45) is 24.6 Å². The SMILES string of the molecule is COc1cc(C(=O)N2CC3CCC2C3N)cc2nc(-c3cc4ccc(-c5ccc6c(c5)C(F)(F)C(=O)N6)nc4n3CC3CC3)n(C)c12. The van der Waals surface area contributed by atoms with Gasteiger partial charge in [0.15, 0.2) is 5.82 Å². The van der Waals surface area contributed by atoms with Crippen molar-refractivity contribution in [3.8, 4) is 28.5 Å². The summed E-state index contributed by atoms with van der Waals surface area (Å²) in [5.74, 6) is -2.85. The first-order valence-corrected chi connectivity index (χ1v) is 16.1. The van der Waals surface area contributed by atoms with Gasteiger partial charge in [0.05, 0.1) is 35.3 Å². The lowest BCUT2D eigenvalue weighted by molar-refractivity contribution is -0.139. The second kappa shape index (κ2) is 9.83. The van der Waals surface area contributed by atoms with Crippen LogP contribution in [0.1, 0.15) is 41.6 Å². The van der Waals surface area contributed by atoms with Crippen LogP contribution in [-0.2, 0) is 24.3 Å². The number of nitrogens with zero attached hydrogens (tertiary/aromatic N) is 5. The summed E-state index contributed by atoms with van der Waals surface area (Å²) < 4.78 is 39.1. The van der Waals surface area contributed by atoms with E-state index in [-0.39, 0.29) is 29.2 Å². The number of carbonyl (C=O) groups is 2. The first-order chi connectivity index (χ1) is 22.6. The Morgan fingerprint density at radius 2 is 1.91 bits per heavy atom. The molecule has 5 heterocycles. The number of nitrogens with two attached hydrogens (primary N) is 1. The number of alkyl halides is 2. The van der Waals surface area contributed by atoms with Gasteiger partial charge in [-0.15, -0.1) is 0 Å². The highest BCUT2D eigenvalue weighted by molar-refractivity contribution is 6.04. The van der Waals surface area contributed by atoms with Crippen LogP contribution in [0.5, 0.6) is 5.75 Å². The Kier molecular flexibility index (Phi) is 5.94. The Bertz CT molecular complexity index is 2170. The van der Waals surface area contributed by atoms with Crippen molar-refractivity contribution in [3.05, 3.63) is 59.7 Å². The van der Waals surface area contributed by atoms with Crippen LogP contribution in [0.2, 0.25) is 0 Å². The highest BCUT2D eigenvalue weighted by Gasteiger charge is 2.49. The molecule has 2 bridgehead atoms. The molecule has 2 aromatic carbocycles. The van der Waals surface area contributed by atoms with Crippen molar-refractivity contribution in [1.82, 2.24) is 24.0 Å². The second-order valence-electron chi connectivity index (χ2n) is 13.5. The van der Waals surface area contributed by atoms with Crippen LogP contribution in [0.25, 0.3) is 44.8 Å². The van der Waals surface area contributed by atoms with Gasteiger partial charge in [0.25, 0.3) is 11.8 Å². The number of hydrogen-bond acceptors (Lipinski definition) is 6. The van der Waals surface area contributed by atoms with Crippen molar-refractivity contribution < 1.29 is 23.1 Å². The minimum atomic E-state index is -3.60. The Morgan fingerprint density at radius 1 is 1.09 bits per heavy atom. The molecule has 10 nitrogen and oxygen atoms in total. The number of nitrogens with one attached hydrogen (secondary N) is 1. The molecule has 2 saturated carbocycles. The fourth-order valence-electron chi connectivity index (χ4n) is 7.88. The lowest BCUT2D eigenvalue weighted by atomic mass is 10.0. The maximum Gasteiger partial charge on any atom is 0.352 e. The quantitative estimate of drug-likeness (QED) is 0.262. The number of fused-ring (bicyclic) bond motifs is 5. The van der Waals surface area contributed by atoms with Gasteiger partial charge in [-0.05, 0) is 80.0 Å². The van der Waals surface area contributed by atoms with Gasteiger partial charge < -0.3 is 29.8 Å². The first-order valence-electron chi connectivity index (χ1n) is 16.1. The molecule has 3 fully saturated rings.